The van der Waals surface area contributed by atoms with Crippen LogP contribution in [0.3, 0.4) is 0 Å². The van der Waals surface area contributed by atoms with E-state index in [-0.39, 0.29) is 5.95 Å². The Bertz CT molecular complexity index is 578. The number of thiocarbonyl (C=S) groups is 1. The maximum Gasteiger partial charge on any atom is 0.226 e. The summed E-state index contributed by atoms with van der Waals surface area (Å²) in [7, 11) is 1.62. The van der Waals surface area contributed by atoms with E-state index in [1.807, 2.05) is 31.2 Å². The van der Waals surface area contributed by atoms with E-state index in [2.05, 4.69) is 15.4 Å². The third-order valence-corrected chi connectivity index (χ3v) is 2.82. The average molecular weight is 277 g/mol. The van der Waals surface area contributed by atoms with Crippen molar-refractivity contribution < 1.29 is 4.74 Å². The zero-order valence-corrected chi connectivity index (χ0v) is 11.6. The topological polar surface area (TPSA) is 78.0 Å². The summed E-state index contributed by atoms with van der Waals surface area (Å²) in [5.41, 5.74) is 6.66. The van der Waals surface area contributed by atoms with Gasteiger partial charge in [0.25, 0.3) is 0 Å². The van der Waals surface area contributed by atoms with E-state index < -0.39 is 0 Å². The fraction of sp³-hybridized carbons (Fsp3) is 0.250. The molecule has 0 unspecified atom stereocenters. The molecule has 7 heteroatoms. The Labute approximate surface area is 116 Å². The molecule has 0 saturated carbocycles. The molecule has 1 aromatic heterocycles. The largest absolute Gasteiger partial charge is 0.497 e. The summed E-state index contributed by atoms with van der Waals surface area (Å²) in [4.78, 5) is 4.20. The fourth-order valence-corrected chi connectivity index (χ4v) is 1.84. The van der Waals surface area contributed by atoms with Gasteiger partial charge in [-0.3, -0.25) is 0 Å². The molecule has 3 N–H and O–H groups in total. The molecule has 0 aliphatic heterocycles. The highest BCUT2D eigenvalue weighted by Crippen LogP contribution is 2.20. The average Bonchev–Trinajstić information content (AvgIpc) is 2.81. The fourth-order valence-electron chi connectivity index (χ4n) is 1.56. The second-order valence-corrected chi connectivity index (χ2v) is 4.16. The third-order valence-electron chi connectivity index (χ3n) is 2.50. The summed E-state index contributed by atoms with van der Waals surface area (Å²) < 4.78 is 6.52. The Morgan fingerprint density at radius 1 is 1.42 bits per heavy atom. The van der Waals surface area contributed by atoms with Gasteiger partial charge in [-0.1, -0.05) is 0 Å². The molecule has 1 heterocycles. The molecule has 0 spiro atoms. The lowest BCUT2D eigenvalue weighted by Gasteiger charge is -2.04. The van der Waals surface area contributed by atoms with E-state index in [1.54, 1.807) is 7.11 Å². The van der Waals surface area contributed by atoms with Crippen molar-refractivity contribution in [2.24, 2.45) is 0 Å². The number of aromatic nitrogens is 3. The minimum atomic E-state index is 0.261. The molecule has 0 amide bonds. The zero-order chi connectivity index (χ0) is 13.8. The molecule has 0 aliphatic carbocycles. The second kappa shape index (κ2) is 5.66. The van der Waals surface area contributed by atoms with Gasteiger partial charge in [-0.05, 0) is 43.4 Å². The first-order valence-electron chi connectivity index (χ1n) is 5.81. The van der Waals surface area contributed by atoms with E-state index in [0.29, 0.717) is 17.5 Å². The van der Waals surface area contributed by atoms with Crippen LogP contribution in [-0.2, 0) is 0 Å². The van der Waals surface area contributed by atoms with Gasteiger partial charge in [-0.2, -0.15) is 9.67 Å². The molecule has 0 fully saturated rings. The molecule has 19 heavy (non-hydrogen) atoms. The number of hydrogen-bond acceptors (Lipinski definition) is 5. The Hall–Kier alpha value is -2.15. The van der Waals surface area contributed by atoms with E-state index >= 15 is 0 Å². The number of nitrogen functional groups attached to an aromatic ring is 1. The summed E-state index contributed by atoms with van der Waals surface area (Å²) in [6.45, 7) is 2.65. The molecular formula is C12H15N5OS. The van der Waals surface area contributed by atoms with Crippen LogP contribution in [-0.4, -0.2) is 33.5 Å². The smallest absolute Gasteiger partial charge is 0.226 e. The van der Waals surface area contributed by atoms with Crippen LogP contribution in [0.5, 0.6) is 5.75 Å². The molecule has 1 aromatic carbocycles. The molecule has 2 aromatic rings. The van der Waals surface area contributed by atoms with Gasteiger partial charge in [-0.25, -0.2) is 0 Å². The lowest BCUT2D eigenvalue weighted by molar-refractivity contribution is 0.415. The molecule has 0 aliphatic rings. The Morgan fingerprint density at radius 2 is 2.11 bits per heavy atom. The van der Waals surface area contributed by atoms with Gasteiger partial charge in [-0.15, -0.1) is 5.10 Å². The normalized spacial score (nSPS) is 10.2. The monoisotopic (exact) mass is 277 g/mol. The van der Waals surface area contributed by atoms with Crippen molar-refractivity contribution in [1.29, 1.82) is 0 Å². The highest BCUT2D eigenvalue weighted by Gasteiger charge is 2.11. The minimum absolute atomic E-state index is 0.261. The van der Waals surface area contributed by atoms with E-state index in [1.165, 1.54) is 4.68 Å². The summed E-state index contributed by atoms with van der Waals surface area (Å²) in [5.74, 6) is 1.57. The SMILES string of the molecule is CCNC(=S)n1nc(-c2ccc(OC)cc2)nc1N. The number of anilines is 1. The van der Waals surface area contributed by atoms with Crippen LogP contribution in [0.15, 0.2) is 24.3 Å². The summed E-state index contributed by atoms with van der Waals surface area (Å²) >= 11 is 5.16. The van der Waals surface area contributed by atoms with Crippen molar-refractivity contribution in [2.75, 3.05) is 19.4 Å². The van der Waals surface area contributed by atoms with Crippen LogP contribution in [0, 0.1) is 0 Å². The second-order valence-electron chi connectivity index (χ2n) is 3.77. The van der Waals surface area contributed by atoms with Crippen LogP contribution in [0.4, 0.5) is 5.95 Å². The Morgan fingerprint density at radius 3 is 2.68 bits per heavy atom. The van der Waals surface area contributed by atoms with Crippen molar-refractivity contribution in [3.63, 3.8) is 0 Å². The quantitative estimate of drug-likeness (QED) is 0.823. The van der Waals surface area contributed by atoms with Crippen molar-refractivity contribution in [3.8, 4) is 17.1 Å². The first kappa shape index (κ1) is 13.3. The van der Waals surface area contributed by atoms with Gasteiger partial charge in [0.15, 0.2) is 10.9 Å². The summed E-state index contributed by atoms with van der Waals surface area (Å²) in [6.07, 6.45) is 0. The number of nitrogens with one attached hydrogen (secondary N) is 1. The first-order chi connectivity index (χ1) is 9.15. The lowest BCUT2D eigenvalue weighted by atomic mass is 10.2. The van der Waals surface area contributed by atoms with E-state index in [4.69, 9.17) is 22.7 Å². The zero-order valence-electron chi connectivity index (χ0n) is 10.8. The van der Waals surface area contributed by atoms with Crippen molar-refractivity contribution in [3.05, 3.63) is 24.3 Å². The van der Waals surface area contributed by atoms with Crippen molar-refractivity contribution in [2.45, 2.75) is 6.92 Å². The molecule has 2 rings (SSSR count). The number of benzene rings is 1. The number of nitrogens with two attached hydrogens (primary N) is 1. The molecular weight excluding hydrogens is 262 g/mol. The van der Waals surface area contributed by atoms with E-state index in [0.717, 1.165) is 11.3 Å². The summed E-state index contributed by atoms with van der Waals surface area (Å²) in [6, 6.07) is 7.42. The molecule has 0 saturated heterocycles. The number of ether oxygens (including phenoxy) is 1. The number of hydrogen-bond donors (Lipinski definition) is 2. The van der Waals surface area contributed by atoms with Crippen LogP contribution in [0.2, 0.25) is 0 Å². The first-order valence-corrected chi connectivity index (χ1v) is 6.21. The van der Waals surface area contributed by atoms with Gasteiger partial charge in [0.2, 0.25) is 5.95 Å². The summed E-state index contributed by atoms with van der Waals surface area (Å²) in [5, 5.41) is 7.70. The highest BCUT2D eigenvalue weighted by molar-refractivity contribution is 7.80. The number of nitrogens with zero attached hydrogens (tertiary/aromatic N) is 3. The minimum Gasteiger partial charge on any atom is -0.497 e. The van der Waals surface area contributed by atoms with Crippen LogP contribution < -0.4 is 15.8 Å². The van der Waals surface area contributed by atoms with Gasteiger partial charge in [0, 0.05) is 12.1 Å². The van der Waals surface area contributed by atoms with Crippen LogP contribution >= 0.6 is 12.2 Å². The predicted molar refractivity (Wildman–Crippen MR) is 78.1 cm³/mol. The molecule has 100 valence electrons. The van der Waals surface area contributed by atoms with Crippen LogP contribution in [0.25, 0.3) is 11.4 Å². The molecule has 0 radical (unpaired) electrons. The highest BCUT2D eigenvalue weighted by atomic mass is 32.1. The molecule has 0 atom stereocenters. The third kappa shape index (κ3) is 2.82. The van der Waals surface area contributed by atoms with Gasteiger partial charge >= 0.3 is 0 Å². The van der Waals surface area contributed by atoms with Gasteiger partial charge in [0.1, 0.15) is 5.75 Å². The standard InChI is InChI=1S/C12H15N5OS/c1-3-14-12(19)17-11(13)15-10(16-17)8-4-6-9(18-2)7-5-8/h4-7H,3H2,1-2H3,(H,14,19)(H2,13,15,16). The number of rotatable bonds is 3. The van der Waals surface area contributed by atoms with Crippen molar-refractivity contribution in [1.82, 2.24) is 20.1 Å². The maximum absolute atomic E-state index is 5.80. The van der Waals surface area contributed by atoms with Gasteiger partial charge in [0.05, 0.1) is 7.11 Å². The van der Waals surface area contributed by atoms with Crippen LogP contribution in [0.1, 0.15) is 6.92 Å². The predicted octanol–water partition coefficient (Wildman–Crippen LogP) is 1.28. The maximum atomic E-state index is 5.80. The Kier molecular flexibility index (Phi) is 3.96. The number of methoxy groups -OCH3 is 1. The Balaban J connectivity index is 2.30. The lowest BCUT2D eigenvalue weighted by Crippen LogP contribution is -2.29. The molecule has 6 nitrogen and oxygen atoms in total. The van der Waals surface area contributed by atoms with E-state index in [9.17, 15) is 0 Å². The molecule has 0 bridgehead atoms. The van der Waals surface area contributed by atoms with Gasteiger partial charge < -0.3 is 15.8 Å². The van der Waals surface area contributed by atoms with Crippen molar-refractivity contribution >= 4 is 23.3 Å².